The van der Waals surface area contributed by atoms with E-state index in [1.165, 1.54) is 19.4 Å². The Kier molecular flexibility index (Phi) is 5.01. The fourth-order valence-corrected chi connectivity index (χ4v) is 3.99. The molecule has 3 heterocycles. The Balaban J connectivity index is 1.98. The van der Waals surface area contributed by atoms with Crippen molar-refractivity contribution in [2.24, 2.45) is 0 Å². The normalized spacial score (nSPS) is 28.9. The van der Waals surface area contributed by atoms with Crippen LogP contribution in [0.15, 0.2) is 12.5 Å². The number of nitrogens with zero attached hydrogens (tertiary/aromatic N) is 3. The highest BCUT2D eigenvalue weighted by Gasteiger charge is 2.49. The lowest BCUT2D eigenvalue weighted by Crippen LogP contribution is -2.61. The number of hydrogen-bond donors (Lipinski definition) is 2. The molecule has 1 unspecified atom stereocenters. The van der Waals surface area contributed by atoms with E-state index < -0.39 is 29.9 Å². The van der Waals surface area contributed by atoms with Gasteiger partial charge in [0.25, 0.3) is 0 Å². The first kappa shape index (κ1) is 19.2. The number of aromatic nitrogens is 3. The van der Waals surface area contributed by atoms with Crippen LogP contribution in [0.1, 0.15) is 27.1 Å². The summed E-state index contributed by atoms with van der Waals surface area (Å²) in [6.07, 6.45) is -2.06. The van der Waals surface area contributed by atoms with Gasteiger partial charge in [0.15, 0.2) is 5.79 Å². The average Bonchev–Trinajstić information content (AvgIpc) is 2.87. The van der Waals surface area contributed by atoms with Crippen LogP contribution in [-0.4, -0.2) is 55.0 Å². The second-order valence-corrected chi connectivity index (χ2v) is 8.21. The van der Waals surface area contributed by atoms with E-state index in [9.17, 15) is 10.2 Å². The molecule has 7 nitrogen and oxygen atoms in total. The summed E-state index contributed by atoms with van der Waals surface area (Å²) in [5, 5.41) is 21.7. The summed E-state index contributed by atoms with van der Waals surface area (Å²) in [4.78, 5) is 7.95. The predicted molar refractivity (Wildman–Crippen MR) is 96.9 cm³/mol. The molecule has 3 rings (SSSR count). The smallest absolute Gasteiger partial charge is 0.206 e. The van der Waals surface area contributed by atoms with E-state index in [1.807, 2.05) is 22.6 Å². The molecule has 2 aromatic rings. The number of ether oxygens (including phenoxy) is 2. The zero-order valence-corrected chi connectivity index (χ0v) is 16.7. The van der Waals surface area contributed by atoms with E-state index >= 15 is 4.39 Å². The van der Waals surface area contributed by atoms with Crippen molar-refractivity contribution in [2.75, 3.05) is 6.61 Å². The molecular weight excluding hydrogens is 468 g/mol. The van der Waals surface area contributed by atoms with Gasteiger partial charge in [-0.1, -0.05) is 11.6 Å². The van der Waals surface area contributed by atoms with Gasteiger partial charge in [-0.3, -0.25) is 4.57 Å². The lowest BCUT2D eigenvalue weighted by atomic mass is 9.93. The average molecular weight is 486 g/mol. The topological polar surface area (TPSA) is 89.6 Å². The Morgan fingerprint density at radius 1 is 1.44 bits per heavy atom. The molecule has 10 heteroatoms. The molecule has 0 spiro atoms. The minimum absolute atomic E-state index is 0.0909. The van der Waals surface area contributed by atoms with E-state index in [4.69, 9.17) is 21.1 Å². The predicted octanol–water partition coefficient (Wildman–Crippen LogP) is 2.42. The summed E-state index contributed by atoms with van der Waals surface area (Å²) in [7, 11) is 0. The number of halogens is 3. The monoisotopic (exact) mass is 485 g/mol. The minimum atomic E-state index is -1.91. The summed E-state index contributed by atoms with van der Waals surface area (Å²) < 4.78 is 28.0. The molecule has 0 amide bonds. The number of rotatable bonds is 3. The van der Waals surface area contributed by atoms with Gasteiger partial charge in [-0.15, -0.1) is 0 Å². The van der Waals surface area contributed by atoms with Crippen molar-refractivity contribution in [3.05, 3.63) is 21.2 Å². The van der Waals surface area contributed by atoms with E-state index in [0.29, 0.717) is 8.96 Å². The van der Waals surface area contributed by atoms with Gasteiger partial charge < -0.3 is 19.7 Å². The number of aliphatic hydroxyl groups is 2. The number of fused-ring (bicyclic) bond motifs is 1. The molecule has 2 N–H and O–H groups in total. The molecule has 138 valence electrons. The largest absolute Gasteiger partial charge is 0.385 e. The molecule has 0 radical (unpaired) electrons. The highest BCUT2D eigenvalue weighted by atomic mass is 127. The molecule has 0 bridgehead atoms. The molecule has 1 saturated heterocycles. The highest BCUT2D eigenvalue weighted by Crippen LogP contribution is 2.36. The van der Waals surface area contributed by atoms with Crippen molar-refractivity contribution in [2.45, 2.75) is 50.7 Å². The maximum Gasteiger partial charge on any atom is 0.206 e. The fourth-order valence-electron chi connectivity index (χ4n) is 2.81. The van der Waals surface area contributed by atoms with E-state index in [-0.39, 0.29) is 17.4 Å². The summed E-state index contributed by atoms with van der Waals surface area (Å²) in [6.45, 7) is 4.61. The van der Waals surface area contributed by atoms with Crippen molar-refractivity contribution in [3.63, 3.8) is 0 Å². The molecule has 4 atom stereocenters. The molecule has 1 aliphatic heterocycles. The van der Waals surface area contributed by atoms with Gasteiger partial charge in [0, 0.05) is 9.77 Å². The molecule has 25 heavy (non-hydrogen) atoms. The van der Waals surface area contributed by atoms with Crippen LogP contribution in [0.3, 0.4) is 0 Å². The maximum atomic E-state index is 15.2. The Hall–Kier alpha value is -0.590. The minimum Gasteiger partial charge on any atom is -0.385 e. The Morgan fingerprint density at radius 2 is 2.12 bits per heavy atom. The van der Waals surface area contributed by atoms with Crippen LogP contribution in [0.2, 0.25) is 5.15 Å². The highest BCUT2D eigenvalue weighted by molar-refractivity contribution is 14.1. The summed E-state index contributed by atoms with van der Waals surface area (Å²) >= 11 is 8.05. The van der Waals surface area contributed by atoms with Crippen LogP contribution in [0.4, 0.5) is 4.39 Å². The van der Waals surface area contributed by atoms with Crippen LogP contribution in [0.25, 0.3) is 11.0 Å². The van der Waals surface area contributed by atoms with E-state index in [0.717, 1.165) is 4.57 Å². The third-order valence-corrected chi connectivity index (χ3v) is 5.21. The fraction of sp³-hybridized carbons (Fsp3) is 0.600. The first-order chi connectivity index (χ1) is 11.5. The van der Waals surface area contributed by atoms with Crippen molar-refractivity contribution < 1.29 is 24.1 Å². The molecule has 0 saturated carbocycles. The van der Waals surface area contributed by atoms with Gasteiger partial charge >= 0.3 is 0 Å². The molecular formula is C15H18ClFIN3O4. The Labute approximate surface area is 162 Å². The molecule has 1 fully saturated rings. The van der Waals surface area contributed by atoms with E-state index in [2.05, 4.69) is 9.97 Å². The van der Waals surface area contributed by atoms with Crippen LogP contribution < -0.4 is 0 Å². The third kappa shape index (κ3) is 3.50. The zero-order chi connectivity index (χ0) is 18.6. The summed E-state index contributed by atoms with van der Waals surface area (Å²) in [6, 6.07) is 0. The standard InChI is InChI=1S/C15H18ClFIN3O4/c1-14(2)24-5-15(3,23)10(25-14)9(22)12(17)21-4-7(18)8-11(16)19-6-20-13(8)21/h4,6,9-10,12,22-23H,5H2,1-3H3/t9-,10+,12?,15-/m1/s1. The van der Waals surface area contributed by atoms with Gasteiger partial charge in [-0.05, 0) is 43.4 Å². The first-order valence-electron chi connectivity index (χ1n) is 7.56. The second kappa shape index (κ2) is 6.54. The van der Waals surface area contributed by atoms with Gasteiger partial charge in [-0.25, -0.2) is 14.4 Å². The van der Waals surface area contributed by atoms with Gasteiger partial charge in [-0.2, -0.15) is 0 Å². The number of alkyl halides is 1. The lowest BCUT2D eigenvalue weighted by Gasteiger charge is -2.46. The SMILES string of the molecule is CC1(C)OC[C@@](C)(O)[C@H]([C@@H](O)C(F)n2cc(I)c3c(Cl)ncnc32)O1. The van der Waals surface area contributed by atoms with Crippen molar-refractivity contribution in [1.82, 2.24) is 14.5 Å². The zero-order valence-electron chi connectivity index (χ0n) is 13.8. The summed E-state index contributed by atoms with van der Waals surface area (Å²) in [5.74, 6) is -1.05. The number of hydrogen-bond acceptors (Lipinski definition) is 6. The number of aliphatic hydroxyl groups excluding tert-OH is 1. The van der Waals surface area contributed by atoms with Crippen LogP contribution in [0.5, 0.6) is 0 Å². The first-order valence-corrected chi connectivity index (χ1v) is 9.02. The Morgan fingerprint density at radius 3 is 2.80 bits per heavy atom. The molecule has 0 aromatic carbocycles. The van der Waals surface area contributed by atoms with Gasteiger partial charge in [0.2, 0.25) is 6.30 Å². The maximum absolute atomic E-state index is 15.2. The van der Waals surface area contributed by atoms with Crippen molar-refractivity contribution in [3.8, 4) is 0 Å². The van der Waals surface area contributed by atoms with E-state index in [1.54, 1.807) is 13.8 Å². The second-order valence-electron chi connectivity index (χ2n) is 6.69. The molecule has 2 aromatic heterocycles. The van der Waals surface area contributed by atoms with Crippen LogP contribution >= 0.6 is 34.2 Å². The van der Waals surface area contributed by atoms with Crippen molar-refractivity contribution >= 4 is 45.2 Å². The lowest BCUT2D eigenvalue weighted by molar-refractivity contribution is -0.349. The summed E-state index contributed by atoms with van der Waals surface area (Å²) in [5.41, 5.74) is -1.30. The molecule has 0 aliphatic carbocycles. The third-order valence-electron chi connectivity index (χ3n) is 4.11. The molecule has 1 aliphatic rings. The van der Waals surface area contributed by atoms with Crippen LogP contribution in [0, 0.1) is 3.57 Å². The Bertz CT molecular complexity index is 800. The van der Waals surface area contributed by atoms with Gasteiger partial charge in [0.1, 0.15) is 34.9 Å². The van der Waals surface area contributed by atoms with Gasteiger partial charge in [0.05, 0.1) is 12.0 Å². The van der Waals surface area contributed by atoms with Crippen molar-refractivity contribution in [1.29, 1.82) is 0 Å². The quantitative estimate of drug-likeness (QED) is 0.513. The van der Waals surface area contributed by atoms with Crippen LogP contribution in [-0.2, 0) is 9.47 Å².